The van der Waals surface area contributed by atoms with Crippen LogP contribution in [0.3, 0.4) is 0 Å². The Morgan fingerprint density at radius 3 is 3.00 bits per heavy atom. The topological polar surface area (TPSA) is 46.1 Å². The monoisotopic (exact) mass is 242 g/mol. The summed E-state index contributed by atoms with van der Waals surface area (Å²) >= 11 is 5.20. The molecule has 1 N–H and O–H groups in total. The van der Waals surface area contributed by atoms with Crippen LogP contribution in [-0.4, -0.2) is 40.1 Å². The summed E-state index contributed by atoms with van der Waals surface area (Å²) in [5.41, 5.74) is 0. The van der Waals surface area contributed by atoms with Gasteiger partial charge < -0.3 is 9.64 Å². The summed E-state index contributed by atoms with van der Waals surface area (Å²) in [4.78, 5) is 2.25. The smallest absolute Gasteiger partial charge is 0.226 e. The zero-order valence-electron chi connectivity index (χ0n) is 9.93. The van der Waals surface area contributed by atoms with Crippen molar-refractivity contribution in [1.82, 2.24) is 14.8 Å². The van der Waals surface area contributed by atoms with Crippen molar-refractivity contribution >= 4 is 18.2 Å². The van der Waals surface area contributed by atoms with E-state index in [4.69, 9.17) is 17.0 Å². The molecule has 0 spiro atoms. The van der Waals surface area contributed by atoms with Crippen molar-refractivity contribution in [2.24, 2.45) is 0 Å². The predicted molar refractivity (Wildman–Crippen MR) is 65.3 cm³/mol. The summed E-state index contributed by atoms with van der Waals surface area (Å²) in [5, 5.41) is 7.17. The Balaban J connectivity index is 2.31. The molecule has 1 fully saturated rings. The first-order chi connectivity index (χ1) is 7.63. The second-order valence-corrected chi connectivity index (χ2v) is 4.61. The lowest BCUT2D eigenvalue weighted by Gasteiger charge is -2.37. The van der Waals surface area contributed by atoms with Crippen LogP contribution < -0.4 is 4.90 Å². The number of hydrogen-bond acceptors (Lipinski definition) is 4. The molecule has 1 aliphatic rings. The molecule has 2 rings (SSSR count). The fourth-order valence-electron chi connectivity index (χ4n) is 2.00. The highest BCUT2D eigenvalue weighted by atomic mass is 32.1. The second kappa shape index (κ2) is 4.55. The van der Waals surface area contributed by atoms with Crippen molar-refractivity contribution in [3.8, 4) is 0 Å². The van der Waals surface area contributed by atoms with E-state index in [9.17, 15) is 0 Å². The summed E-state index contributed by atoms with van der Waals surface area (Å²) < 4.78 is 8.31. The minimum atomic E-state index is 0.242. The van der Waals surface area contributed by atoms with Gasteiger partial charge in [-0.3, -0.25) is 4.57 Å². The maximum absolute atomic E-state index is 5.61. The molecule has 1 saturated heterocycles. The molecule has 0 radical (unpaired) electrons. The van der Waals surface area contributed by atoms with Crippen molar-refractivity contribution in [2.45, 2.75) is 39.5 Å². The third-order valence-corrected chi connectivity index (χ3v) is 3.23. The zero-order valence-corrected chi connectivity index (χ0v) is 10.8. The maximum Gasteiger partial charge on any atom is 0.226 e. The number of nitrogens with one attached hydrogen (secondary N) is 1. The molecule has 2 unspecified atom stereocenters. The number of aromatic amines is 1. The molecule has 5 nitrogen and oxygen atoms in total. The highest BCUT2D eigenvalue weighted by Crippen LogP contribution is 2.19. The van der Waals surface area contributed by atoms with Crippen LogP contribution in [0.1, 0.15) is 20.8 Å². The van der Waals surface area contributed by atoms with Crippen molar-refractivity contribution in [3.63, 3.8) is 0 Å². The first-order valence-electron chi connectivity index (χ1n) is 5.67. The summed E-state index contributed by atoms with van der Waals surface area (Å²) in [6, 6.07) is 0.340. The molecule has 1 aromatic heterocycles. The molecule has 0 saturated carbocycles. The molecule has 1 aliphatic heterocycles. The van der Waals surface area contributed by atoms with Gasteiger partial charge in [0, 0.05) is 13.1 Å². The van der Waals surface area contributed by atoms with E-state index in [1.807, 2.05) is 4.57 Å². The maximum atomic E-state index is 5.61. The van der Waals surface area contributed by atoms with Crippen LogP contribution in [0, 0.1) is 4.77 Å². The van der Waals surface area contributed by atoms with Gasteiger partial charge in [-0.25, -0.2) is 5.10 Å². The highest BCUT2D eigenvalue weighted by Gasteiger charge is 2.26. The summed E-state index contributed by atoms with van der Waals surface area (Å²) in [6.45, 7) is 8.73. The number of rotatable bonds is 2. The molecular formula is C10H18N4OS. The van der Waals surface area contributed by atoms with Gasteiger partial charge in [-0.2, -0.15) is 0 Å². The zero-order chi connectivity index (χ0) is 11.7. The van der Waals surface area contributed by atoms with Crippen LogP contribution in [0.2, 0.25) is 0 Å². The molecule has 0 aromatic carbocycles. The normalized spacial score (nSPS) is 26.1. The van der Waals surface area contributed by atoms with Gasteiger partial charge in [-0.15, -0.1) is 5.10 Å². The average Bonchev–Trinajstić information content (AvgIpc) is 2.63. The predicted octanol–water partition coefficient (Wildman–Crippen LogP) is 1.57. The first-order valence-corrected chi connectivity index (χ1v) is 6.07. The van der Waals surface area contributed by atoms with Gasteiger partial charge in [0.2, 0.25) is 5.95 Å². The molecule has 0 aliphatic carbocycles. The largest absolute Gasteiger partial charge is 0.375 e. The Morgan fingerprint density at radius 1 is 1.56 bits per heavy atom. The standard InChI is InChI=1S/C10H18N4OS/c1-4-13-9(11-12-10(13)16)14-5-8(3)15-6-7(14)2/h7-8H,4-6H2,1-3H3,(H,12,16). The number of morpholine rings is 1. The Hall–Kier alpha value is -0.880. The van der Waals surface area contributed by atoms with Gasteiger partial charge in [0.05, 0.1) is 18.8 Å². The molecule has 2 heterocycles. The minimum absolute atomic E-state index is 0.242. The van der Waals surface area contributed by atoms with Gasteiger partial charge in [0.15, 0.2) is 4.77 Å². The lowest BCUT2D eigenvalue weighted by atomic mass is 10.2. The molecule has 6 heteroatoms. The molecule has 16 heavy (non-hydrogen) atoms. The molecule has 2 atom stereocenters. The Kier molecular flexibility index (Phi) is 3.30. The van der Waals surface area contributed by atoms with Gasteiger partial charge in [-0.05, 0) is 33.0 Å². The van der Waals surface area contributed by atoms with Crippen LogP contribution in [0.25, 0.3) is 0 Å². The van der Waals surface area contributed by atoms with Gasteiger partial charge in [0.25, 0.3) is 0 Å². The van der Waals surface area contributed by atoms with Crippen LogP contribution in [0.4, 0.5) is 5.95 Å². The lowest BCUT2D eigenvalue weighted by molar-refractivity contribution is 0.0334. The Bertz CT molecular complexity index is 413. The molecular weight excluding hydrogens is 224 g/mol. The minimum Gasteiger partial charge on any atom is -0.375 e. The van der Waals surface area contributed by atoms with E-state index in [1.54, 1.807) is 0 Å². The molecule has 1 aromatic rings. The van der Waals surface area contributed by atoms with Crippen LogP contribution >= 0.6 is 12.2 Å². The average molecular weight is 242 g/mol. The summed E-state index contributed by atoms with van der Waals surface area (Å²) in [7, 11) is 0. The Morgan fingerprint density at radius 2 is 2.31 bits per heavy atom. The van der Waals surface area contributed by atoms with Gasteiger partial charge in [-0.1, -0.05) is 0 Å². The Labute approximate surface area is 100 Å². The third-order valence-electron chi connectivity index (χ3n) is 2.92. The molecule has 0 bridgehead atoms. The fourth-order valence-corrected chi connectivity index (χ4v) is 2.25. The SMILES string of the molecule is CCn1c(N2CC(C)OCC2C)n[nH]c1=S. The first kappa shape index (κ1) is 11.6. The number of anilines is 1. The van der Waals surface area contributed by atoms with Crippen LogP contribution in [-0.2, 0) is 11.3 Å². The quantitative estimate of drug-likeness (QED) is 0.800. The highest BCUT2D eigenvalue weighted by molar-refractivity contribution is 7.71. The van der Waals surface area contributed by atoms with Gasteiger partial charge >= 0.3 is 0 Å². The van der Waals surface area contributed by atoms with Crippen molar-refractivity contribution in [2.75, 3.05) is 18.1 Å². The van der Waals surface area contributed by atoms with E-state index in [0.29, 0.717) is 10.8 Å². The molecule has 90 valence electrons. The third kappa shape index (κ3) is 1.99. The summed E-state index contributed by atoms with van der Waals surface area (Å²) in [5.74, 6) is 0.926. The van der Waals surface area contributed by atoms with Crippen LogP contribution in [0.5, 0.6) is 0 Å². The van der Waals surface area contributed by atoms with E-state index < -0.39 is 0 Å². The van der Waals surface area contributed by atoms with Crippen molar-refractivity contribution in [1.29, 1.82) is 0 Å². The van der Waals surface area contributed by atoms with E-state index >= 15 is 0 Å². The number of aromatic nitrogens is 3. The number of ether oxygens (including phenoxy) is 1. The summed E-state index contributed by atoms with van der Waals surface area (Å²) in [6.07, 6.45) is 0.242. The number of hydrogen-bond donors (Lipinski definition) is 1. The fraction of sp³-hybridized carbons (Fsp3) is 0.800. The molecule has 0 amide bonds. The van der Waals surface area contributed by atoms with Crippen molar-refractivity contribution in [3.05, 3.63) is 4.77 Å². The number of nitrogens with zero attached hydrogens (tertiary/aromatic N) is 3. The van der Waals surface area contributed by atoms with E-state index in [0.717, 1.165) is 25.6 Å². The van der Waals surface area contributed by atoms with E-state index in [-0.39, 0.29) is 6.10 Å². The van der Waals surface area contributed by atoms with E-state index in [1.165, 1.54) is 0 Å². The van der Waals surface area contributed by atoms with Gasteiger partial charge in [0.1, 0.15) is 0 Å². The second-order valence-electron chi connectivity index (χ2n) is 4.22. The van der Waals surface area contributed by atoms with Crippen molar-refractivity contribution < 1.29 is 4.74 Å². The van der Waals surface area contributed by atoms with Crippen LogP contribution in [0.15, 0.2) is 0 Å². The lowest BCUT2D eigenvalue weighted by Crippen LogP contribution is -2.48. The van der Waals surface area contributed by atoms with E-state index in [2.05, 4.69) is 35.9 Å². The number of H-pyrrole nitrogens is 1.